The molecule has 0 aromatic heterocycles. The molecule has 1 nitrogen and oxygen atoms in total. The van der Waals surface area contributed by atoms with Crippen LogP contribution in [0.15, 0.2) is 22.5 Å². The van der Waals surface area contributed by atoms with E-state index in [1.165, 1.54) is 12.2 Å². The lowest BCUT2D eigenvalue weighted by molar-refractivity contribution is 0.644. The van der Waals surface area contributed by atoms with Crippen LogP contribution in [-0.2, 0) is 0 Å². The minimum absolute atomic E-state index is 0.105. The molecule has 0 saturated carbocycles. The molecule has 0 aromatic rings. The van der Waals surface area contributed by atoms with Crippen molar-refractivity contribution in [3.8, 4) is 0 Å². The summed E-state index contributed by atoms with van der Waals surface area (Å²) in [4.78, 5) is -0.105. The van der Waals surface area contributed by atoms with E-state index < -0.39 is 0 Å². The summed E-state index contributed by atoms with van der Waals surface area (Å²) in [7, 11) is 0. The second-order valence-corrected chi connectivity index (χ2v) is 4.02. The molecule has 1 rings (SSSR count). The van der Waals surface area contributed by atoms with Crippen molar-refractivity contribution in [2.45, 2.75) is 10.9 Å². The number of hydrogen-bond donors (Lipinski definition) is 1. The van der Waals surface area contributed by atoms with Gasteiger partial charge in [-0.25, -0.2) is 4.39 Å². The Labute approximate surface area is 75.4 Å². The van der Waals surface area contributed by atoms with Gasteiger partial charge in [0.05, 0.1) is 10.9 Å². The third-order valence-corrected chi connectivity index (χ3v) is 2.85. The highest BCUT2D eigenvalue weighted by Crippen LogP contribution is 2.26. The monoisotopic (exact) mass is 269 g/mol. The molecule has 0 aliphatic heterocycles. The summed E-state index contributed by atoms with van der Waals surface area (Å²) in [5.41, 5.74) is 5.61. The van der Waals surface area contributed by atoms with E-state index in [1.807, 2.05) is 0 Å². The van der Waals surface area contributed by atoms with Gasteiger partial charge in [0.2, 0.25) is 0 Å². The van der Waals surface area contributed by atoms with E-state index in [2.05, 4.69) is 31.9 Å². The lowest BCUT2D eigenvalue weighted by Crippen LogP contribution is -2.31. The molecule has 1 aliphatic rings. The minimum atomic E-state index is -0.254. The van der Waals surface area contributed by atoms with Gasteiger partial charge in [-0.1, -0.05) is 31.9 Å². The van der Waals surface area contributed by atoms with E-state index >= 15 is 0 Å². The van der Waals surface area contributed by atoms with Gasteiger partial charge < -0.3 is 5.73 Å². The van der Waals surface area contributed by atoms with Crippen molar-refractivity contribution < 1.29 is 4.39 Å². The molecule has 4 heteroatoms. The highest BCUT2D eigenvalue weighted by atomic mass is 79.9. The van der Waals surface area contributed by atoms with Gasteiger partial charge in [-0.05, 0) is 12.2 Å². The summed E-state index contributed by atoms with van der Waals surface area (Å²) in [5.74, 6) is -0.254. The molecule has 0 fully saturated rings. The van der Waals surface area contributed by atoms with E-state index in [1.54, 1.807) is 0 Å². The molecule has 1 aliphatic carbocycles. The van der Waals surface area contributed by atoms with Gasteiger partial charge in [-0.3, -0.25) is 0 Å². The molecule has 0 saturated heterocycles. The first-order chi connectivity index (χ1) is 4.61. The summed E-state index contributed by atoms with van der Waals surface area (Å²) < 4.78 is 13.2. The molecule has 2 unspecified atom stereocenters. The fourth-order valence-corrected chi connectivity index (χ4v) is 2.08. The van der Waals surface area contributed by atoms with Crippen LogP contribution in [0.3, 0.4) is 0 Å². The maximum atomic E-state index is 12.5. The molecule has 10 heavy (non-hydrogen) atoms. The average molecular weight is 271 g/mol. The fraction of sp³-hybridized carbons (Fsp3) is 0.333. The Bertz CT molecular complexity index is 200. The number of hydrogen-bond acceptors (Lipinski definition) is 1. The predicted octanol–water partition coefficient (Wildman–Crippen LogP) is 2.22. The van der Waals surface area contributed by atoms with Crippen LogP contribution in [-0.4, -0.2) is 10.9 Å². The summed E-state index contributed by atoms with van der Waals surface area (Å²) in [6, 6.07) is -0.167. The molecule has 0 bridgehead atoms. The number of alkyl halides is 1. The first kappa shape index (κ1) is 8.43. The van der Waals surface area contributed by atoms with Crippen LogP contribution >= 0.6 is 31.9 Å². The van der Waals surface area contributed by atoms with Crippen molar-refractivity contribution in [1.29, 1.82) is 0 Å². The van der Waals surface area contributed by atoms with Crippen molar-refractivity contribution in [2.24, 2.45) is 5.73 Å². The molecule has 0 heterocycles. The van der Waals surface area contributed by atoms with E-state index in [4.69, 9.17) is 5.73 Å². The summed E-state index contributed by atoms with van der Waals surface area (Å²) >= 11 is 6.38. The van der Waals surface area contributed by atoms with Gasteiger partial charge in [0.25, 0.3) is 0 Å². The third kappa shape index (κ3) is 1.68. The van der Waals surface area contributed by atoms with Gasteiger partial charge in [0.1, 0.15) is 5.83 Å². The standard InChI is InChI=1S/C6H6Br2FN/c7-4-1-3(9)2-5(8)6(4)10/h1-2,4,6H,10H2. The Balaban J connectivity index is 2.85. The van der Waals surface area contributed by atoms with Gasteiger partial charge in [-0.2, -0.15) is 0 Å². The minimum Gasteiger partial charge on any atom is -0.322 e. The van der Waals surface area contributed by atoms with E-state index in [0.29, 0.717) is 4.48 Å². The lowest BCUT2D eigenvalue weighted by Gasteiger charge is -2.17. The molecule has 2 atom stereocenters. The van der Waals surface area contributed by atoms with Crippen LogP contribution in [0, 0.1) is 0 Å². The number of halogens is 3. The largest absolute Gasteiger partial charge is 0.322 e. The Morgan fingerprint density at radius 2 is 2.20 bits per heavy atom. The normalized spacial score (nSPS) is 33.2. The van der Waals surface area contributed by atoms with Gasteiger partial charge in [-0.15, -0.1) is 0 Å². The smallest absolute Gasteiger partial charge is 0.121 e. The van der Waals surface area contributed by atoms with E-state index in [9.17, 15) is 4.39 Å². The molecular weight excluding hydrogens is 265 g/mol. The zero-order chi connectivity index (χ0) is 7.72. The molecule has 2 N–H and O–H groups in total. The maximum Gasteiger partial charge on any atom is 0.121 e. The summed E-state index contributed by atoms with van der Waals surface area (Å²) in [5, 5.41) is 0. The second-order valence-electron chi connectivity index (χ2n) is 2.05. The first-order valence-corrected chi connectivity index (χ1v) is 4.46. The third-order valence-electron chi connectivity index (χ3n) is 1.26. The quantitative estimate of drug-likeness (QED) is 0.672. The highest BCUT2D eigenvalue weighted by molar-refractivity contribution is 9.12. The Morgan fingerprint density at radius 3 is 2.70 bits per heavy atom. The lowest BCUT2D eigenvalue weighted by atomic mass is 10.1. The van der Waals surface area contributed by atoms with Crippen LogP contribution in [0.4, 0.5) is 4.39 Å². The second kappa shape index (κ2) is 3.15. The van der Waals surface area contributed by atoms with Crippen molar-refractivity contribution in [3.63, 3.8) is 0 Å². The van der Waals surface area contributed by atoms with Crippen LogP contribution in [0.5, 0.6) is 0 Å². The maximum absolute atomic E-state index is 12.5. The van der Waals surface area contributed by atoms with Crippen molar-refractivity contribution in [2.75, 3.05) is 0 Å². The van der Waals surface area contributed by atoms with Gasteiger partial charge in [0, 0.05) is 4.48 Å². The van der Waals surface area contributed by atoms with Crippen LogP contribution in [0.1, 0.15) is 0 Å². The SMILES string of the molecule is NC1C(Br)=CC(F)=CC1Br. The summed E-state index contributed by atoms with van der Waals surface area (Å²) in [6.45, 7) is 0. The fourth-order valence-electron chi connectivity index (χ4n) is 0.684. The molecule has 0 aromatic carbocycles. The molecular formula is C6H6Br2FN. The predicted molar refractivity (Wildman–Crippen MR) is 46.9 cm³/mol. The Kier molecular flexibility index (Phi) is 2.66. The first-order valence-electron chi connectivity index (χ1n) is 2.75. The topological polar surface area (TPSA) is 26.0 Å². The molecule has 0 amide bonds. The number of allylic oxidation sites excluding steroid dienone is 2. The number of nitrogens with two attached hydrogens (primary N) is 1. The summed E-state index contributed by atoms with van der Waals surface area (Å²) in [6.07, 6.45) is 2.82. The zero-order valence-electron chi connectivity index (χ0n) is 5.02. The van der Waals surface area contributed by atoms with Crippen LogP contribution in [0.25, 0.3) is 0 Å². The van der Waals surface area contributed by atoms with Crippen LogP contribution in [0.2, 0.25) is 0 Å². The van der Waals surface area contributed by atoms with Crippen molar-refractivity contribution in [1.82, 2.24) is 0 Å². The number of rotatable bonds is 0. The molecule has 0 spiro atoms. The van der Waals surface area contributed by atoms with E-state index in [-0.39, 0.29) is 16.7 Å². The highest BCUT2D eigenvalue weighted by Gasteiger charge is 2.19. The van der Waals surface area contributed by atoms with Gasteiger partial charge in [0.15, 0.2) is 0 Å². The molecule has 0 radical (unpaired) electrons. The van der Waals surface area contributed by atoms with Crippen molar-refractivity contribution >= 4 is 31.9 Å². The molecule has 56 valence electrons. The Hall–Kier alpha value is 0.330. The van der Waals surface area contributed by atoms with Gasteiger partial charge >= 0.3 is 0 Å². The van der Waals surface area contributed by atoms with E-state index in [0.717, 1.165) is 0 Å². The Morgan fingerprint density at radius 1 is 1.60 bits per heavy atom. The van der Waals surface area contributed by atoms with Crippen LogP contribution < -0.4 is 5.73 Å². The van der Waals surface area contributed by atoms with Crippen molar-refractivity contribution in [3.05, 3.63) is 22.5 Å². The zero-order valence-corrected chi connectivity index (χ0v) is 8.19. The average Bonchev–Trinajstić information content (AvgIpc) is 1.82.